The standard InChI is InChI=1S/C11H14ClN3O2/c1-2-14(8-6-13-7-8)11-9(12)4-3-5-10(11)15(16)17/h3-5,8,13H,2,6-7H2,1H3. The molecule has 0 spiro atoms. The topological polar surface area (TPSA) is 58.4 Å². The second-order valence-electron chi connectivity index (χ2n) is 3.96. The summed E-state index contributed by atoms with van der Waals surface area (Å²) in [6.07, 6.45) is 0. The number of nitrogens with one attached hydrogen (secondary N) is 1. The molecule has 0 bridgehead atoms. The summed E-state index contributed by atoms with van der Waals surface area (Å²) in [5, 5.41) is 14.6. The van der Waals surface area contributed by atoms with Gasteiger partial charge in [0.15, 0.2) is 0 Å². The maximum Gasteiger partial charge on any atom is 0.294 e. The first-order valence-electron chi connectivity index (χ1n) is 5.55. The van der Waals surface area contributed by atoms with Gasteiger partial charge in [0.05, 0.1) is 16.0 Å². The fourth-order valence-corrected chi connectivity index (χ4v) is 2.31. The number of likely N-dealkylation sites (N-methyl/N-ethyl adjacent to an activating group) is 1. The molecule has 0 saturated carbocycles. The molecule has 0 aliphatic carbocycles. The first kappa shape index (κ1) is 12.1. The highest BCUT2D eigenvalue weighted by molar-refractivity contribution is 6.33. The summed E-state index contributed by atoms with van der Waals surface area (Å²) in [7, 11) is 0. The van der Waals surface area contributed by atoms with E-state index in [0.29, 0.717) is 23.3 Å². The first-order chi connectivity index (χ1) is 8.15. The molecule has 17 heavy (non-hydrogen) atoms. The third kappa shape index (κ3) is 2.21. The third-order valence-corrected chi connectivity index (χ3v) is 3.30. The van der Waals surface area contributed by atoms with Crippen LogP contribution in [0.3, 0.4) is 0 Å². The van der Waals surface area contributed by atoms with Crippen LogP contribution in [0.2, 0.25) is 5.02 Å². The predicted octanol–water partition coefficient (Wildman–Crippen LogP) is 2.05. The summed E-state index contributed by atoms with van der Waals surface area (Å²) in [6.45, 7) is 4.37. The molecule has 1 aliphatic rings. The number of para-hydroxylation sites is 1. The summed E-state index contributed by atoms with van der Waals surface area (Å²) >= 11 is 6.11. The lowest BCUT2D eigenvalue weighted by Crippen LogP contribution is -2.57. The second-order valence-corrected chi connectivity index (χ2v) is 4.37. The molecule has 0 amide bonds. The van der Waals surface area contributed by atoms with Crippen LogP contribution >= 0.6 is 11.6 Å². The van der Waals surface area contributed by atoms with Crippen LogP contribution in [0, 0.1) is 10.1 Å². The largest absolute Gasteiger partial charge is 0.359 e. The van der Waals surface area contributed by atoms with Crippen molar-refractivity contribution in [2.45, 2.75) is 13.0 Å². The van der Waals surface area contributed by atoms with Crippen LogP contribution in [0.4, 0.5) is 11.4 Å². The second kappa shape index (κ2) is 4.89. The summed E-state index contributed by atoms with van der Waals surface area (Å²) < 4.78 is 0. The van der Waals surface area contributed by atoms with Crippen LogP contribution in [0.1, 0.15) is 6.92 Å². The van der Waals surface area contributed by atoms with Crippen molar-refractivity contribution < 1.29 is 4.92 Å². The molecular formula is C11H14ClN3O2. The number of hydrogen-bond donors (Lipinski definition) is 1. The molecule has 0 atom stereocenters. The van der Waals surface area contributed by atoms with E-state index in [-0.39, 0.29) is 10.6 Å². The van der Waals surface area contributed by atoms with Crippen molar-refractivity contribution in [2.24, 2.45) is 0 Å². The van der Waals surface area contributed by atoms with Crippen LogP contribution in [0.25, 0.3) is 0 Å². The molecule has 5 nitrogen and oxygen atoms in total. The van der Waals surface area contributed by atoms with Crippen molar-refractivity contribution in [3.8, 4) is 0 Å². The normalized spacial score (nSPS) is 15.4. The van der Waals surface area contributed by atoms with Crippen molar-refractivity contribution in [2.75, 3.05) is 24.5 Å². The van der Waals surface area contributed by atoms with E-state index >= 15 is 0 Å². The van der Waals surface area contributed by atoms with Gasteiger partial charge < -0.3 is 10.2 Å². The Hall–Kier alpha value is -1.33. The number of rotatable bonds is 4. The lowest BCUT2D eigenvalue weighted by Gasteiger charge is -2.39. The van der Waals surface area contributed by atoms with Crippen LogP contribution in [0.5, 0.6) is 0 Å². The van der Waals surface area contributed by atoms with E-state index in [1.807, 2.05) is 11.8 Å². The Morgan fingerprint density at radius 1 is 1.59 bits per heavy atom. The number of hydrogen-bond acceptors (Lipinski definition) is 4. The van der Waals surface area contributed by atoms with Gasteiger partial charge in [-0.3, -0.25) is 10.1 Å². The highest BCUT2D eigenvalue weighted by Gasteiger charge is 2.30. The zero-order valence-corrected chi connectivity index (χ0v) is 10.3. The Balaban J connectivity index is 2.43. The molecule has 1 aliphatic heterocycles. The molecular weight excluding hydrogens is 242 g/mol. The lowest BCUT2D eigenvalue weighted by molar-refractivity contribution is -0.384. The lowest BCUT2D eigenvalue weighted by atomic mass is 10.1. The SMILES string of the molecule is CCN(c1c(Cl)cccc1[N+](=O)[O-])C1CNC1. The van der Waals surface area contributed by atoms with Crippen molar-refractivity contribution in [3.05, 3.63) is 33.3 Å². The quantitative estimate of drug-likeness (QED) is 0.661. The number of nitrogens with zero attached hydrogens (tertiary/aromatic N) is 2. The maximum atomic E-state index is 11.0. The van der Waals surface area contributed by atoms with Gasteiger partial charge in [-0.15, -0.1) is 0 Å². The molecule has 1 aromatic rings. The van der Waals surface area contributed by atoms with E-state index in [0.717, 1.165) is 13.1 Å². The molecule has 1 aromatic carbocycles. The average Bonchev–Trinajstić information content (AvgIpc) is 2.23. The van der Waals surface area contributed by atoms with Crippen LogP contribution in [-0.4, -0.2) is 30.6 Å². The summed E-state index contributed by atoms with van der Waals surface area (Å²) in [5.74, 6) is 0. The molecule has 1 heterocycles. The van der Waals surface area contributed by atoms with Gasteiger partial charge in [-0.2, -0.15) is 0 Å². The van der Waals surface area contributed by atoms with Gasteiger partial charge in [-0.1, -0.05) is 17.7 Å². The number of nitro groups is 1. The van der Waals surface area contributed by atoms with Gasteiger partial charge in [0.25, 0.3) is 5.69 Å². The van der Waals surface area contributed by atoms with Gasteiger partial charge in [-0.05, 0) is 13.0 Å². The molecule has 1 saturated heterocycles. The van der Waals surface area contributed by atoms with Gasteiger partial charge in [0.2, 0.25) is 0 Å². The molecule has 2 rings (SSSR count). The van der Waals surface area contributed by atoms with Gasteiger partial charge in [0.1, 0.15) is 5.69 Å². The van der Waals surface area contributed by atoms with Crippen LogP contribution in [-0.2, 0) is 0 Å². The van der Waals surface area contributed by atoms with Crippen LogP contribution in [0.15, 0.2) is 18.2 Å². The molecule has 6 heteroatoms. The Bertz CT molecular complexity index is 435. The van der Waals surface area contributed by atoms with Crippen LogP contribution < -0.4 is 10.2 Å². The average molecular weight is 256 g/mol. The fourth-order valence-electron chi connectivity index (χ4n) is 2.03. The Kier molecular flexibility index (Phi) is 3.49. The molecule has 0 radical (unpaired) electrons. The molecule has 0 unspecified atom stereocenters. The third-order valence-electron chi connectivity index (χ3n) is 2.99. The molecule has 0 aromatic heterocycles. The van der Waals surface area contributed by atoms with Crippen molar-refractivity contribution in [3.63, 3.8) is 0 Å². The highest BCUT2D eigenvalue weighted by Crippen LogP contribution is 2.36. The summed E-state index contributed by atoms with van der Waals surface area (Å²) in [4.78, 5) is 12.6. The van der Waals surface area contributed by atoms with E-state index in [1.54, 1.807) is 12.1 Å². The molecule has 1 fully saturated rings. The number of nitro benzene ring substituents is 1. The van der Waals surface area contributed by atoms with Gasteiger partial charge in [0, 0.05) is 25.7 Å². The van der Waals surface area contributed by atoms with E-state index in [2.05, 4.69) is 5.32 Å². The van der Waals surface area contributed by atoms with E-state index in [9.17, 15) is 10.1 Å². The van der Waals surface area contributed by atoms with Crippen molar-refractivity contribution in [1.82, 2.24) is 5.32 Å². The number of benzene rings is 1. The Morgan fingerprint density at radius 3 is 2.76 bits per heavy atom. The highest BCUT2D eigenvalue weighted by atomic mass is 35.5. The van der Waals surface area contributed by atoms with E-state index < -0.39 is 0 Å². The number of anilines is 1. The molecule has 1 N–H and O–H groups in total. The fraction of sp³-hybridized carbons (Fsp3) is 0.455. The summed E-state index contributed by atoms with van der Waals surface area (Å²) in [6, 6.07) is 5.09. The van der Waals surface area contributed by atoms with Gasteiger partial charge >= 0.3 is 0 Å². The van der Waals surface area contributed by atoms with Crippen molar-refractivity contribution >= 4 is 23.0 Å². The first-order valence-corrected chi connectivity index (χ1v) is 5.93. The number of halogens is 1. The zero-order valence-electron chi connectivity index (χ0n) is 9.52. The monoisotopic (exact) mass is 255 g/mol. The van der Waals surface area contributed by atoms with E-state index in [4.69, 9.17) is 11.6 Å². The Morgan fingerprint density at radius 2 is 2.29 bits per heavy atom. The van der Waals surface area contributed by atoms with E-state index in [1.165, 1.54) is 6.07 Å². The minimum atomic E-state index is -0.379. The zero-order chi connectivity index (χ0) is 12.4. The molecule has 92 valence electrons. The Labute approximate surface area is 105 Å². The minimum absolute atomic E-state index is 0.0752. The van der Waals surface area contributed by atoms with Gasteiger partial charge in [-0.25, -0.2) is 0 Å². The maximum absolute atomic E-state index is 11.0. The smallest absolute Gasteiger partial charge is 0.294 e. The predicted molar refractivity (Wildman–Crippen MR) is 67.8 cm³/mol. The summed E-state index contributed by atoms with van der Waals surface area (Å²) in [5.41, 5.74) is 0.611. The minimum Gasteiger partial charge on any atom is -0.359 e. The van der Waals surface area contributed by atoms with Crippen molar-refractivity contribution in [1.29, 1.82) is 0 Å².